The normalized spacial score (nSPS) is 23.6. The fourth-order valence-corrected chi connectivity index (χ4v) is 3.69. The lowest BCUT2D eigenvalue weighted by molar-refractivity contribution is 0.0949. The number of hydrogen-bond acceptors (Lipinski definition) is 2. The molecule has 0 spiro atoms. The Morgan fingerprint density at radius 2 is 2.29 bits per heavy atom. The Morgan fingerprint density at radius 3 is 2.94 bits per heavy atom. The number of carbonyl (C=O) groups excluding carboxylic acids is 1. The highest BCUT2D eigenvalue weighted by molar-refractivity contribution is 9.10. The Balaban J connectivity index is 1.96. The minimum atomic E-state index is 0.00574. The number of halogens is 1. The Morgan fingerprint density at radius 1 is 1.53 bits per heavy atom. The van der Waals surface area contributed by atoms with Crippen LogP contribution in [0.4, 0.5) is 0 Å². The van der Waals surface area contributed by atoms with E-state index in [4.69, 9.17) is 0 Å². The molecule has 1 amide bonds. The molecule has 2 nitrogen and oxygen atoms in total. The Bertz CT molecular complexity index is 416. The third-order valence-corrected chi connectivity index (χ3v) is 5.27. The molecular weight excluding hydrogens is 298 g/mol. The molecule has 0 bridgehead atoms. The van der Waals surface area contributed by atoms with Crippen molar-refractivity contribution in [3.63, 3.8) is 0 Å². The van der Waals surface area contributed by atoms with Crippen molar-refractivity contribution in [1.29, 1.82) is 0 Å². The molecule has 0 radical (unpaired) electrons. The maximum atomic E-state index is 12.0. The van der Waals surface area contributed by atoms with Gasteiger partial charge in [-0.15, -0.1) is 0 Å². The zero-order valence-electron chi connectivity index (χ0n) is 9.83. The summed E-state index contributed by atoms with van der Waals surface area (Å²) in [7, 11) is 0. The molecule has 1 aliphatic rings. The molecule has 1 atom stereocenters. The van der Waals surface area contributed by atoms with Gasteiger partial charge in [0.2, 0.25) is 0 Å². The van der Waals surface area contributed by atoms with Gasteiger partial charge in [0.15, 0.2) is 0 Å². The summed E-state index contributed by atoms with van der Waals surface area (Å²) < 4.78 is 1.07. The summed E-state index contributed by atoms with van der Waals surface area (Å²) in [5.74, 6) is 1.22. The van der Waals surface area contributed by atoms with E-state index < -0.39 is 0 Å². The lowest BCUT2D eigenvalue weighted by Crippen LogP contribution is -2.36. The maximum Gasteiger partial charge on any atom is 0.252 e. The van der Waals surface area contributed by atoms with Crippen LogP contribution in [0.25, 0.3) is 0 Å². The van der Waals surface area contributed by atoms with Crippen LogP contribution < -0.4 is 5.32 Å². The van der Waals surface area contributed by atoms with Gasteiger partial charge in [-0.3, -0.25) is 4.79 Å². The molecule has 1 saturated heterocycles. The first-order chi connectivity index (χ1) is 8.11. The number of hydrogen-bond donors (Lipinski definition) is 1. The highest BCUT2D eigenvalue weighted by atomic mass is 79.9. The summed E-state index contributed by atoms with van der Waals surface area (Å²) in [6, 6.07) is 7.52. The van der Waals surface area contributed by atoms with Crippen LogP contribution >= 0.6 is 27.7 Å². The second-order valence-corrected chi connectivity index (χ2v) is 7.10. The lowest BCUT2D eigenvalue weighted by Gasteiger charge is -2.22. The van der Waals surface area contributed by atoms with Crippen LogP contribution in [0.5, 0.6) is 0 Å². The van der Waals surface area contributed by atoms with Gasteiger partial charge in [-0.05, 0) is 53.6 Å². The van der Waals surface area contributed by atoms with E-state index in [1.165, 1.54) is 18.6 Å². The molecule has 1 aliphatic heterocycles. The first kappa shape index (κ1) is 13.0. The fraction of sp³-hybridized carbons (Fsp3) is 0.462. The second kappa shape index (κ2) is 5.44. The Hall–Kier alpha value is -0.480. The molecule has 0 aliphatic carbocycles. The van der Waals surface area contributed by atoms with E-state index in [0.29, 0.717) is 5.56 Å². The van der Waals surface area contributed by atoms with Crippen LogP contribution in [0, 0.1) is 0 Å². The standard InChI is InChI=1S/C13H16BrNOS/c1-13(7-4-8-17-13)9-15-12(16)10-5-2-3-6-11(10)14/h2-3,5-6H,4,7-9H2,1H3,(H,15,16). The molecule has 0 saturated carbocycles. The summed E-state index contributed by atoms with van der Waals surface area (Å²) in [4.78, 5) is 12.0. The third-order valence-electron chi connectivity index (χ3n) is 3.04. The molecule has 1 N–H and O–H groups in total. The van der Waals surface area contributed by atoms with E-state index in [-0.39, 0.29) is 10.7 Å². The third kappa shape index (κ3) is 3.26. The first-order valence-corrected chi connectivity index (χ1v) is 7.55. The van der Waals surface area contributed by atoms with Crippen molar-refractivity contribution in [2.24, 2.45) is 0 Å². The smallest absolute Gasteiger partial charge is 0.252 e. The molecule has 1 unspecified atom stereocenters. The monoisotopic (exact) mass is 313 g/mol. The van der Waals surface area contributed by atoms with Crippen LogP contribution in [0.15, 0.2) is 28.7 Å². The van der Waals surface area contributed by atoms with Gasteiger partial charge in [0.1, 0.15) is 0 Å². The average Bonchev–Trinajstić information content (AvgIpc) is 2.74. The van der Waals surface area contributed by atoms with Crippen molar-refractivity contribution in [2.45, 2.75) is 24.5 Å². The molecule has 92 valence electrons. The Labute approximate surface area is 115 Å². The average molecular weight is 314 g/mol. The Kier molecular flexibility index (Phi) is 4.15. The maximum absolute atomic E-state index is 12.0. The van der Waals surface area contributed by atoms with Crippen LogP contribution in [-0.4, -0.2) is 23.0 Å². The fourth-order valence-electron chi connectivity index (χ4n) is 1.98. The van der Waals surface area contributed by atoms with E-state index >= 15 is 0 Å². The van der Waals surface area contributed by atoms with Gasteiger partial charge < -0.3 is 5.32 Å². The molecule has 4 heteroatoms. The second-order valence-electron chi connectivity index (χ2n) is 4.56. The first-order valence-electron chi connectivity index (χ1n) is 5.77. The molecule has 17 heavy (non-hydrogen) atoms. The number of thioether (sulfide) groups is 1. The molecule has 0 aromatic heterocycles. The predicted octanol–water partition coefficient (Wildman–Crippen LogP) is 3.46. The van der Waals surface area contributed by atoms with E-state index in [2.05, 4.69) is 28.2 Å². The number of rotatable bonds is 3. The number of amides is 1. The van der Waals surface area contributed by atoms with Gasteiger partial charge >= 0.3 is 0 Å². The van der Waals surface area contributed by atoms with E-state index in [9.17, 15) is 4.79 Å². The van der Waals surface area contributed by atoms with Gasteiger partial charge in [-0.25, -0.2) is 0 Å². The highest BCUT2D eigenvalue weighted by Crippen LogP contribution is 2.37. The summed E-state index contributed by atoms with van der Waals surface area (Å²) >= 11 is 5.36. The van der Waals surface area contributed by atoms with Crippen molar-refractivity contribution >= 4 is 33.6 Å². The number of benzene rings is 1. The van der Waals surface area contributed by atoms with Crippen LogP contribution in [0.2, 0.25) is 0 Å². The lowest BCUT2D eigenvalue weighted by atomic mass is 10.1. The summed E-state index contributed by atoms with van der Waals surface area (Å²) in [6.07, 6.45) is 2.44. The molecule has 1 heterocycles. The summed E-state index contributed by atoms with van der Waals surface area (Å²) in [5.41, 5.74) is 0.707. The van der Waals surface area contributed by atoms with Crippen molar-refractivity contribution in [3.8, 4) is 0 Å². The zero-order chi connectivity index (χ0) is 12.3. The molecule has 1 fully saturated rings. The van der Waals surface area contributed by atoms with Crippen molar-refractivity contribution in [3.05, 3.63) is 34.3 Å². The zero-order valence-corrected chi connectivity index (χ0v) is 12.2. The predicted molar refractivity (Wildman–Crippen MR) is 76.6 cm³/mol. The summed E-state index contributed by atoms with van der Waals surface area (Å²) in [5, 5.41) is 3.03. The van der Waals surface area contributed by atoms with Crippen LogP contribution in [0.1, 0.15) is 30.1 Å². The van der Waals surface area contributed by atoms with Crippen molar-refractivity contribution in [1.82, 2.24) is 5.32 Å². The van der Waals surface area contributed by atoms with Crippen LogP contribution in [-0.2, 0) is 0 Å². The molecular formula is C13H16BrNOS. The van der Waals surface area contributed by atoms with Gasteiger partial charge in [-0.2, -0.15) is 11.8 Å². The van der Waals surface area contributed by atoms with Gasteiger partial charge in [0.25, 0.3) is 5.91 Å². The minimum absolute atomic E-state index is 0.00574. The highest BCUT2D eigenvalue weighted by Gasteiger charge is 2.29. The number of nitrogens with one attached hydrogen (secondary N) is 1. The number of carbonyl (C=O) groups is 1. The summed E-state index contributed by atoms with van der Waals surface area (Å²) in [6.45, 7) is 2.98. The van der Waals surface area contributed by atoms with Crippen molar-refractivity contribution < 1.29 is 4.79 Å². The van der Waals surface area contributed by atoms with Gasteiger partial charge in [0, 0.05) is 15.8 Å². The topological polar surface area (TPSA) is 29.1 Å². The van der Waals surface area contributed by atoms with E-state index in [0.717, 1.165) is 11.0 Å². The molecule has 1 aromatic carbocycles. The minimum Gasteiger partial charge on any atom is -0.351 e. The molecule has 2 rings (SSSR count). The van der Waals surface area contributed by atoms with Crippen LogP contribution in [0.3, 0.4) is 0 Å². The van der Waals surface area contributed by atoms with Gasteiger partial charge in [-0.1, -0.05) is 12.1 Å². The molecule has 1 aromatic rings. The largest absolute Gasteiger partial charge is 0.351 e. The van der Waals surface area contributed by atoms with E-state index in [1.54, 1.807) is 0 Å². The quantitative estimate of drug-likeness (QED) is 0.926. The van der Waals surface area contributed by atoms with E-state index in [1.807, 2.05) is 36.0 Å². The van der Waals surface area contributed by atoms with Gasteiger partial charge in [0.05, 0.1) is 5.56 Å². The SMILES string of the molecule is CC1(CNC(=O)c2ccccc2Br)CCCS1. The van der Waals surface area contributed by atoms with Crippen molar-refractivity contribution in [2.75, 3.05) is 12.3 Å².